The average molecular weight is 300 g/mol. The second-order valence-corrected chi connectivity index (χ2v) is 4.91. The number of carbonyl (C=O) groups is 1. The van der Waals surface area contributed by atoms with Crippen LogP contribution in [0.25, 0.3) is 0 Å². The van der Waals surface area contributed by atoms with Crippen molar-refractivity contribution in [3.05, 3.63) is 65.7 Å². The summed E-state index contributed by atoms with van der Waals surface area (Å²) in [5, 5.41) is 9.29. The molecule has 0 bridgehead atoms. The summed E-state index contributed by atoms with van der Waals surface area (Å²) in [6, 6.07) is 16.3. The maximum Gasteiger partial charge on any atom is 0.335 e. The minimum absolute atomic E-state index is 0.198. The predicted molar refractivity (Wildman–Crippen MR) is 83.5 cm³/mol. The van der Waals surface area contributed by atoms with Gasteiger partial charge in [0, 0.05) is 13.0 Å². The van der Waals surface area contributed by atoms with Crippen LogP contribution >= 0.6 is 0 Å². The lowest BCUT2D eigenvalue weighted by Crippen LogP contribution is -2.28. The second kappa shape index (κ2) is 8.20. The standard InChI is InChI=1S/C18H20O4/c1-2-21-17(12-14-8-10-16(19)11-9-14)18(20)22-13-15-6-4-3-5-7-15/h3-11,17,19H,2,12-13H2,1H3. The van der Waals surface area contributed by atoms with E-state index in [2.05, 4.69) is 0 Å². The van der Waals surface area contributed by atoms with Gasteiger partial charge in [-0.2, -0.15) is 0 Å². The van der Waals surface area contributed by atoms with Crippen molar-refractivity contribution >= 4 is 5.97 Å². The highest BCUT2D eigenvalue weighted by molar-refractivity contribution is 5.75. The van der Waals surface area contributed by atoms with Crippen molar-refractivity contribution in [2.24, 2.45) is 0 Å². The first-order valence-electron chi connectivity index (χ1n) is 7.29. The number of hydrogen-bond acceptors (Lipinski definition) is 4. The van der Waals surface area contributed by atoms with Gasteiger partial charge in [-0.05, 0) is 30.2 Å². The molecule has 0 fully saturated rings. The van der Waals surface area contributed by atoms with Gasteiger partial charge in [0.15, 0.2) is 6.10 Å². The zero-order chi connectivity index (χ0) is 15.8. The molecule has 4 nitrogen and oxygen atoms in total. The molecule has 0 saturated heterocycles. The summed E-state index contributed by atoms with van der Waals surface area (Å²) in [5.41, 5.74) is 1.85. The third kappa shape index (κ3) is 4.90. The second-order valence-electron chi connectivity index (χ2n) is 4.91. The van der Waals surface area contributed by atoms with Crippen molar-refractivity contribution in [3.63, 3.8) is 0 Å². The molecule has 0 spiro atoms. The minimum Gasteiger partial charge on any atom is -0.508 e. The molecule has 1 unspecified atom stereocenters. The van der Waals surface area contributed by atoms with Crippen LogP contribution in [0.3, 0.4) is 0 Å². The lowest BCUT2D eigenvalue weighted by molar-refractivity contribution is -0.158. The topological polar surface area (TPSA) is 55.8 Å². The summed E-state index contributed by atoms with van der Waals surface area (Å²) in [4.78, 5) is 12.2. The fraction of sp³-hybridized carbons (Fsp3) is 0.278. The van der Waals surface area contributed by atoms with Crippen LogP contribution in [0, 0.1) is 0 Å². The fourth-order valence-electron chi connectivity index (χ4n) is 2.08. The van der Waals surface area contributed by atoms with Gasteiger partial charge in [-0.25, -0.2) is 4.79 Å². The summed E-state index contributed by atoms with van der Waals surface area (Å²) in [5.74, 6) is -0.179. The van der Waals surface area contributed by atoms with E-state index in [1.165, 1.54) is 0 Å². The molecular weight excluding hydrogens is 280 g/mol. The Kier molecular flexibility index (Phi) is 5.98. The molecule has 2 aromatic rings. The van der Waals surface area contributed by atoms with Crippen LogP contribution in [-0.4, -0.2) is 23.8 Å². The molecule has 0 aromatic heterocycles. The van der Waals surface area contributed by atoms with Crippen LogP contribution in [-0.2, 0) is 27.3 Å². The van der Waals surface area contributed by atoms with E-state index in [0.29, 0.717) is 13.0 Å². The Morgan fingerprint density at radius 1 is 1.05 bits per heavy atom. The number of aromatic hydroxyl groups is 1. The molecule has 4 heteroatoms. The van der Waals surface area contributed by atoms with E-state index in [4.69, 9.17) is 9.47 Å². The SMILES string of the molecule is CCOC(Cc1ccc(O)cc1)C(=O)OCc1ccccc1. The first-order valence-corrected chi connectivity index (χ1v) is 7.29. The van der Waals surface area contributed by atoms with Gasteiger partial charge < -0.3 is 14.6 Å². The molecule has 1 atom stereocenters. The molecule has 0 saturated carbocycles. The van der Waals surface area contributed by atoms with Crippen molar-refractivity contribution in [2.45, 2.75) is 26.1 Å². The molecule has 116 valence electrons. The van der Waals surface area contributed by atoms with Gasteiger partial charge in [-0.1, -0.05) is 42.5 Å². The molecule has 1 N–H and O–H groups in total. The Bertz CT molecular complexity index is 578. The number of phenolic OH excluding ortho intramolecular Hbond substituents is 1. The van der Waals surface area contributed by atoms with E-state index in [9.17, 15) is 9.90 Å². The monoisotopic (exact) mass is 300 g/mol. The van der Waals surface area contributed by atoms with Crippen LogP contribution < -0.4 is 0 Å². The molecule has 2 aromatic carbocycles. The van der Waals surface area contributed by atoms with Gasteiger partial charge in [-0.15, -0.1) is 0 Å². The van der Waals surface area contributed by atoms with E-state index in [0.717, 1.165) is 11.1 Å². The lowest BCUT2D eigenvalue weighted by Gasteiger charge is -2.16. The Morgan fingerprint density at radius 2 is 1.73 bits per heavy atom. The zero-order valence-electron chi connectivity index (χ0n) is 12.6. The maximum atomic E-state index is 12.2. The van der Waals surface area contributed by atoms with Gasteiger partial charge in [0.2, 0.25) is 0 Å². The van der Waals surface area contributed by atoms with Gasteiger partial charge in [0.05, 0.1) is 0 Å². The quantitative estimate of drug-likeness (QED) is 0.798. The van der Waals surface area contributed by atoms with Crippen molar-refractivity contribution in [1.82, 2.24) is 0 Å². The number of ether oxygens (including phenoxy) is 2. The number of carbonyl (C=O) groups excluding carboxylic acids is 1. The average Bonchev–Trinajstić information content (AvgIpc) is 2.55. The molecule has 0 radical (unpaired) electrons. The third-order valence-corrected chi connectivity index (χ3v) is 3.21. The van der Waals surface area contributed by atoms with Crippen molar-refractivity contribution in [3.8, 4) is 5.75 Å². The van der Waals surface area contributed by atoms with Crippen LogP contribution in [0.1, 0.15) is 18.1 Å². The van der Waals surface area contributed by atoms with Crippen molar-refractivity contribution < 1.29 is 19.4 Å². The molecule has 2 rings (SSSR count). The summed E-state index contributed by atoms with van der Waals surface area (Å²) < 4.78 is 10.8. The number of benzene rings is 2. The Morgan fingerprint density at radius 3 is 2.36 bits per heavy atom. The van der Waals surface area contributed by atoms with Crippen molar-refractivity contribution in [1.29, 1.82) is 0 Å². The molecule has 0 heterocycles. The number of hydrogen-bond donors (Lipinski definition) is 1. The Balaban J connectivity index is 1.94. The van der Waals surface area contributed by atoms with Gasteiger partial charge in [0.1, 0.15) is 12.4 Å². The molecule has 22 heavy (non-hydrogen) atoms. The summed E-state index contributed by atoms with van der Waals surface area (Å²) in [7, 11) is 0. The van der Waals surface area contributed by atoms with Gasteiger partial charge in [0.25, 0.3) is 0 Å². The fourth-order valence-corrected chi connectivity index (χ4v) is 2.08. The van der Waals surface area contributed by atoms with Crippen molar-refractivity contribution in [2.75, 3.05) is 6.61 Å². The number of rotatable bonds is 7. The first kappa shape index (κ1) is 16.0. The lowest BCUT2D eigenvalue weighted by atomic mass is 10.1. The van der Waals surface area contributed by atoms with E-state index in [-0.39, 0.29) is 18.3 Å². The highest BCUT2D eigenvalue weighted by Crippen LogP contribution is 2.14. The van der Waals surface area contributed by atoms with Crippen LogP contribution in [0.4, 0.5) is 0 Å². The van der Waals surface area contributed by atoms with E-state index in [1.54, 1.807) is 24.3 Å². The smallest absolute Gasteiger partial charge is 0.335 e. The van der Waals surface area contributed by atoms with E-state index >= 15 is 0 Å². The Hall–Kier alpha value is -2.33. The third-order valence-electron chi connectivity index (χ3n) is 3.21. The molecule has 0 aliphatic heterocycles. The maximum absolute atomic E-state index is 12.2. The molecule has 0 aliphatic carbocycles. The van der Waals surface area contributed by atoms with Crippen LogP contribution in [0.2, 0.25) is 0 Å². The highest BCUT2D eigenvalue weighted by Gasteiger charge is 2.21. The molecular formula is C18H20O4. The largest absolute Gasteiger partial charge is 0.508 e. The zero-order valence-corrected chi connectivity index (χ0v) is 12.6. The van der Waals surface area contributed by atoms with Crippen LogP contribution in [0.5, 0.6) is 5.75 Å². The van der Waals surface area contributed by atoms with Crippen LogP contribution in [0.15, 0.2) is 54.6 Å². The normalized spacial score (nSPS) is 11.9. The number of phenols is 1. The highest BCUT2D eigenvalue weighted by atomic mass is 16.6. The van der Waals surface area contributed by atoms with Gasteiger partial charge >= 0.3 is 5.97 Å². The van der Waals surface area contributed by atoms with Gasteiger partial charge in [-0.3, -0.25) is 0 Å². The Labute approximate surface area is 130 Å². The minimum atomic E-state index is -0.641. The summed E-state index contributed by atoms with van der Waals surface area (Å²) in [6.45, 7) is 2.51. The number of esters is 1. The molecule has 0 aliphatic rings. The van der Waals surface area contributed by atoms with E-state index < -0.39 is 6.10 Å². The summed E-state index contributed by atoms with van der Waals surface area (Å²) in [6.07, 6.45) is -0.222. The predicted octanol–water partition coefficient (Wildman–Crippen LogP) is 3.08. The van der Waals surface area contributed by atoms with E-state index in [1.807, 2.05) is 37.3 Å². The molecule has 0 amide bonds. The first-order chi connectivity index (χ1) is 10.7. The summed E-state index contributed by atoms with van der Waals surface area (Å²) >= 11 is 0.